The Kier molecular flexibility index (Phi) is 15.6. The van der Waals surface area contributed by atoms with E-state index < -0.39 is 16.6 Å². The molecule has 0 aliphatic carbocycles. The lowest BCUT2D eigenvalue weighted by molar-refractivity contribution is -0.137. The normalized spacial score (nSPS) is 17.4. The first-order chi connectivity index (χ1) is 18.0. The number of ether oxygens (including phenoxy) is 1. The molecule has 4 nitrogen and oxygen atoms in total. The molecule has 0 saturated carbocycles. The van der Waals surface area contributed by atoms with Gasteiger partial charge >= 0.3 is 5.97 Å². The highest BCUT2D eigenvalue weighted by atomic mass is 28.4. The van der Waals surface area contributed by atoms with E-state index in [0.717, 1.165) is 17.6 Å². The average Bonchev–Trinajstić information content (AvgIpc) is 2.75. The van der Waals surface area contributed by atoms with Gasteiger partial charge in [0, 0.05) is 12.2 Å². The van der Waals surface area contributed by atoms with E-state index in [1.54, 1.807) is 13.0 Å². The first kappa shape index (κ1) is 38.5. The minimum Gasteiger partial charge on any atom is -0.463 e. The average molecular weight is 591 g/mol. The number of rotatable bonds is 14. The predicted molar refractivity (Wildman–Crippen MR) is 180 cm³/mol. The molecule has 0 heterocycles. The van der Waals surface area contributed by atoms with Crippen LogP contribution in [-0.4, -0.2) is 41.4 Å². The van der Waals surface area contributed by atoms with Gasteiger partial charge in [-0.1, -0.05) is 102 Å². The molecule has 0 saturated heterocycles. The molecule has 0 aliphatic heterocycles. The van der Waals surface area contributed by atoms with E-state index in [1.807, 2.05) is 13.0 Å². The standard InChI is InChI=1S/C34H62O4Si2/c1-17-36-32(35)22-21-28(4)23-26(2)19-18-20-27(3)24-31(38-40(15,16)34(10,11)12)29(5)25-30(6)37-39(13,14)33(7,8)9/h18-24,29-31H,17,25H2,1-16H3/b20-18+,22-21+,26-19+,27-24+,28-23+/t29-,30+,31-/m0/s1. The largest absolute Gasteiger partial charge is 0.463 e. The van der Waals surface area contributed by atoms with E-state index in [9.17, 15) is 4.79 Å². The summed E-state index contributed by atoms with van der Waals surface area (Å²) in [5.41, 5.74) is 3.28. The summed E-state index contributed by atoms with van der Waals surface area (Å²) in [4.78, 5) is 11.5. The van der Waals surface area contributed by atoms with Crippen LogP contribution >= 0.6 is 0 Å². The van der Waals surface area contributed by atoms with Crippen molar-refractivity contribution in [1.29, 1.82) is 0 Å². The van der Waals surface area contributed by atoms with Gasteiger partial charge in [0.25, 0.3) is 0 Å². The quantitative estimate of drug-likeness (QED) is 0.0873. The van der Waals surface area contributed by atoms with Crippen LogP contribution in [0, 0.1) is 5.92 Å². The Hall–Kier alpha value is -1.48. The second kappa shape index (κ2) is 16.2. The van der Waals surface area contributed by atoms with Crippen molar-refractivity contribution in [3.8, 4) is 0 Å². The highest BCUT2D eigenvalue weighted by Crippen LogP contribution is 2.40. The molecule has 0 aliphatic rings. The van der Waals surface area contributed by atoms with Crippen LogP contribution in [-0.2, 0) is 18.4 Å². The predicted octanol–water partition coefficient (Wildman–Crippen LogP) is 10.3. The van der Waals surface area contributed by atoms with Crippen molar-refractivity contribution < 1.29 is 18.4 Å². The topological polar surface area (TPSA) is 44.8 Å². The zero-order chi connectivity index (χ0) is 31.5. The molecule has 0 rings (SSSR count). The number of esters is 1. The van der Waals surface area contributed by atoms with Crippen LogP contribution in [0.3, 0.4) is 0 Å². The minimum absolute atomic E-state index is 0.0243. The lowest BCUT2D eigenvalue weighted by Gasteiger charge is -2.42. The van der Waals surface area contributed by atoms with E-state index in [1.165, 1.54) is 11.6 Å². The molecule has 0 aromatic heterocycles. The Morgan fingerprint density at radius 3 is 1.80 bits per heavy atom. The SMILES string of the molecule is CCOC(=O)/C=C/C(C)=C/C(C)=C/C=C/C(C)=C/[C@H](O[Si](C)(C)C(C)(C)C)[C@@H](C)C[C@@H](C)O[Si](C)(C)C(C)(C)C. The van der Waals surface area contributed by atoms with Gasteiger partial charge in [0.05, 0.1) is 12.7 Å². The van der Waals surface area contributed by atoms with Gasteiger partial charge in [0.1, 0.15) is 0 Å². The Morgan fingerprint density at radius 2 is 1.30 bits per heavy atom. The molecule has 230 valence electrons. The highest BCUT2D eigenvalue weighted by molar-refractivity contribution is 6.74. The van der Waals surface area contributed by atoms with Crippen molar-refractivity contribution in [3.05, 3.63) is 59.3 Å². The summed E-state index contributed by atoms with van der Waals surface area (Å²) in [7, 11) is -3.80. The highest BCUT2D eigenvalue weighted by Gasteiger charge is 2.41. The maximum absolute atomic E-state index is 11.5. The summed E-state index contributed by atoms with van der Waals surface area (Å²) in [6, 6.07) is 0. The van der Waals surface area contributed by atoms with Crippen LogP contribution in [0.25, 0.3) is 0 Å². The Labute approximate surface area is 250 Å². The molecular weight excluding hydrogens is 529 g/mol. The van der Waals surface area contributed by atoms with Crippen LogP contribution in [0.2, 0.25) is 36.3 Å². The molecule has 6 heteroatoms. The smallest absolute Gasteiger partial charge is 0.330 e. The van der Waals surface area contributed by atoms with Crippen molar-refractivity contribution in [1.82, 2.24) is 0 Å². The van der Waals surface area contributed by atoms with Gasteiger partial charge in [-0.15, -0.1) is 0 Å². The third-order valence-corrected chi connectivity index (χ3v) is 17.3. The molecule has 0 fully saturated rings. The summed E-state index contributed by atoms with van der Waals surface area (Å²) < 4.78 is 18.6. The molecule has 0 unspecified atom stereocenters. The van der Waals surface area contributed by atoms with Gasteiger partial charge in [-0.05, 0) is 83.2 Å². The van der Waals surface area contributed by atoms with Crippen molar-refractivity contribution in [2.24, 2.45) is 5.92 Å². The van der Waals surface area contributed by atoms with Crippen molar-refractivity contribution in [3.63, 3.8) is 0 Å². The third-order valence-electron chi connectivity index (χ3n) is 8.17. The van der Waals surface area contributed by atoms with Crippen molar-refractivity contribution in [2.45, 2.75) is 138 Å². The molecule has 40 heavy (non-hydrogen) atoms. The Bertz CT molecular complexity index is 953. The lowest BCUT2D eigenvalue weighted by Crippen LogP contribution is -2.46. The fourth-order valence-corrected chi connectivity index (χ4v) is 6.52. The van der Waals surface area contributed by atoms with Crippen LogP contribution in [0.4, 0.5) is 0 Å². The summed E-state index contributed by atoms with van der Waals surface area (Å²) in [6.45, 7) is 36.0. The van der Waals surface area contributed by atoms with Gasteiger partial charge in [0.2, 0.25) is 0 Å². The van der Waals surface area contributed by atoms with Gasteiger partial charge in [0.15, 0.2) is 16.6 Å². The number of carbonyl (C=O) groups is 1. The van der Waals surface area contributed by atoms with Crippen LogP contribution in [0.15, 0.2) is 59.3 Å². The molecule has 0 amide bonds. The van der Waals surface area contributed by atoms with Crippen LogP contribution in [0.1, 0.15) is 89.5 Å². The molecule has 0 aromatic rings. The molecular formula is C34H62O4Si2. The maximum atomic E-state index is 11.5. The molecule has 0 radical (unpaired) electrons. The van der Waals surface area contributed by atoms with Crippen molar-refractivity contribution in [2.75, 3.05) is 6.61 Å². The van der Waals surface area contributed by atoms with Crippen molar-refractivity contribution >= 4 is 22.6 Å². The maximum Gasteiger partial charge on any atom is 0.330 e. The van der Waals surface area contributed by atoms with Gasteiger partial charge in [-0.3, -0.25) is 0 Å². The van der Waals surface area contributed by atoms with E-state index in [0.29, 0.717) is 12.5 Å². The molecule has 0 aromatic carbocycles. The van der Waals surface area contributed by atoms with Gasteiger partial charge in [-0.25, -0.2) is 4.79 Å². The fraction of sp³-hybridized carbons (Fsp3) is 0.676. The number of carbonyl (C=O) groups excluding carboxylic acids is 1. The monoisotopic (exact) mass is 590 g/mol. The van der Waals surface area contributed by atoms with Crippen LogP contribution < -0.4 is 0 Å². The number of allylic oxidation sites excluding steroid dienone is 8. The van der Waals surface area contributed by atoms with E-state index in [2.05, 4.69) is 120 Å². The summed E-state index contributed by atoms with van der Waals surface area (Å²) in [5.74, 6) is 0.00785. The Morgan fingerprint density at radius 1 is 0.775 bits per heavy atom. The first-order valence-corrected chi connectivity index (χ1v) is 20.8. The first-order valence-electron chi connectivity index (χ1n) is 14.9. The number of hydrogen-bond donors (Lipinski definition) is 0. The van der Waals surface area contributed by atoms with Gasteiger partial charge in [-0.2, -0.15) is 0 Å². The minimum atomic E-state index is -1.97. The summed E-state index contributed by atoms with van der Waals surface area (Å²) in [6.07, 6.45) is 15.1. The molecule has 0 N–H and O–H groups in total. The lowest BCUT2D eigenvalue weighted by atomic mass is 9.96. The second-order valence-electron chi connectivity index (χ2n) is 14.4. The van der Waals surface area contributed by atoms with Crippen LogP contribution in [0.5, 0.6) is 0 Å². The number of hydrogen-bond acceptors (Lipinski definition) is 4. The van der Waals surface area contributed by atoms with E-state index >= 15 is 0 Å². The Balaban J connectivity index is 5.82. The van der Waals surface area contributed by atoms with E-state index in [4.69, 9.17) is 13.6 Å². The second-order valence-corrected chi connectivity index (χ2v) is 23.9. The zero-order valence-corrected chi connectivity index (χ0v) is 30.8. The fourth-order valence-electron chi connectivity index (χ4n) is 3.73. The molecule has 3 atom stereocenters. The summed E-state index contributed by atoms with van der Waals surface area (Å²) >= 11 is 0. The third kappa shape index (κ3) is 14.4. The summed E-state index contributed by atoms with van der Waals surface area (Å²) in [5, 5.41) is 0.330. The molecule has 0 bridgehead atoms. The van der Waals surface area contributed by atoms with E-state index in [-0.39, 0.29) is 28.3 Å². The zero-order valence-electron chi connectivity index (χ0n) is 28.8. The molecule has 0 spiro atoms. The van der Waals surface area contributed by atoms with Gasteiger partial charge < -0.3 is 13.6 Å².